The van der Waals surface area contributed by atoms with Crippen LogP contribution >= 0.6 is 11.3 Å². The Morgan fingerprint density at radius 1 is 1.02 bits per heavy atom. The summed E-state index contributed by atoms with van der Waals surface area (Å²) in [7, 11) is 3.10. The molecule has 1 aliphatic rings. The van der Waals surface area contributed by atoms with Crippen molar-refractivity contribution < 1.29 is 23.9 Å². The van der Waals surface area contributed by atoms with Gasteiger partial charge in [0.15, 0.2) is 5.13 Å². The highest BCUT2D eigenvalue weighted by Crippen LogP contribution is 2.18. The van der Waals surface area contributed by atoms with Crippen LogP contribution in [0.3, 0.4) is 0 Å². The second-order valence-corrected chi connectivity index (χ2v) is 10.7. The molecule has 222 valence electrons. The van der Waals surface area contributed by atoms with Crippen LogP contribution in [0.2, 0.25) is 0 Å². The molecule has 0 unspecified atom stereocenters. The van der Waals surface area contributed by atoms with Gasteiger partial charge >= 0.3 is 0 Å². The Hall–Kier alpha value is -4.06. The summed E-state index contributed by atoms with van der Waals surface area (Å²) in [6, 6.07) is 16.9. The van der Waals surface area contributed by atoms with E-state index in [9.17, 15) is 14.4 Å². The van der Waals surface area contributed by atoms with Crippen LogP contribution < -0.4 is 10.1 Å². The molecule has 1 fully saturated rings. The summed E-state index contributed by atoms with van der Waals surface area (Å²) in [5, 5.41) is 4.93. The molecule has 1 aromatic heterocycles. The van der Waals surface area contributed by atoms with E-state index in [4.69, 9.17) is 9.47 Å². The third-order valence-corrected chi connectivity index (χ3v) is 7.66. The zero-order valence-corrected chi connectivity index (χ0v) is 24.8. The Kier molecular flexibility index (Phi) is 11.6. The molecule has 1 N–H and O–H groups in total. The number of nitrogens with zero attached hydrogens (tertiary/aromatic N) is 4. The zero-order valence-electron chi connectivity index (χ0n) is 24.0. The number of rotatable bonds is 13. The molecule has 0 atom stereocenters. The van der Waals surface area contributed by atoms with Crippen LogP contribution in [0.25, 0.3) is 6.08 Å². The van der Waals surface area contributed by atoms with E-state index < -0.39 is 0 Å². The molecule has 4 rings (SSSR count). The molecule has 0 radical (unpaired) electrons. The predicted molar refractivity (Wildman–Crippen MR) is 164 cm³/mol. The Balaban J connectivity index is 1.23. The van der Waals surface area contributed by atoms with Gasteiger partial charge in [0.05, 0.1) is 25.8 Å². The van der Waals surface area contributed by atoms with E-state index in [0.29, 0.717) is 35.2 Å². The SMILES string of the molecule is COCCN(CC(=O)Nc1nc(CC(=O)N2CCN(CC=Cc3ccccc3)CC2)cs1)C(=O)c1ccc(OC)cc1. The van der Waals surface area contributed by atoms with Gasteiger partial charge < -0.3 is 24.6 Å². The number of carbonyl (C=O) groups excluding carboxylic acids is 3. The molecule has 0 spiro atoms. The lowest BCUT2D eigenvalue weighted by atomic mass is 10.2. The number of piperazine rings is 1. The molecule has 3 aromatic rings. The number of thiazole rings is 1. The monoisotopic (exact) mass is 591 g/mol. The molecule has 0 aliphatic carbocycles. The van der Waals surface area contributed by atoms with Crippen LogP contribution in [0.1, 0.15) is 21.6 Å². The molecule has 1 aliphatic heterocycles. The van der Waals surface area contributed by atoms with Crippen LogP contribution in [-0.2, 0) is 20.7 Å². The Morgan fingerprint density at radius 3 is 2.45 bits per heavy atom. The molecule has 1 saturated heterocycles. The van der Waals surface area contributed by atoms with Crippen molar-refractivity contribution in [1.29, 1.82) is 0 Å². The first-order valence-electron chi connectivity index (χ1n) is 13.8. The summed E-state index contributed by atoms with van der Waals surface area (Å²) >= 11 is 1.26. The molecule has 0 bridgehead atoms. The van der Waals surface area contributed by atoms with Crippen molar-refractivity contribution in [2.45, 2.75) is 6.42 Å². The first kappa shape index (κ1) is 30.9. The molecular formula is C31H37N5O5S. The minimum atomic E-state index is -0.377. The minimum absolute atomic E-state index is 0.0217. The number of aromatic nitrogens is 1. The average Bonchev–Trinajstić information content (AvgIpc) is 3.45. The fourth-order valence-corrected chi connectivity index (χ4v) is 5.22. The second-order valence-electron chi connectivity index (χ2n) is 9.81. The van der Waals surface area contributed by atoms with Crippen LogP contribution in [0.15, 0.2) is 66.1 Å². The van der Waals surface area contributed by atoms with Gasteiger partial charge in [-0.15, -0.1) is 11.3 Å². The molecule has 0 saturated carbocycles. The van der Waals surface area contributed by atoms with Crippen LogP contribution in [-0.4, -0.2) is 104 Å². The number of anilines is 1. The first-order chi connectivity index (χ1) is 20.4. The summed E-state index contributed by atoms with van der Waals surface area (Å²) in [6.07, 6.45) is 4.45. The van der Waals surface area contributed by atoms with Gasteiger partial charge in [-0.1, -0.05) is 42.5 Å². The summed E-state index contributed by atoms with van der Waals surface area (Å²) < 4.78 is 10.3. The van der Waals surface area contributed by atoms with Gasteiger partial charge in [-0.05, 0) is 29.8 Å². The largest absolute Gasteiger partial charge is 0.497 e. The Morgan fingerprint density at radius 2 is 1.76 bits per heavy atom. The zero-order chi connectivity index (χ0) is 29.7. The number of ether oxygens (including phenoxy) is 2. The van der Waals surface area contributed by atoms with Crippen molar-refractivity contribution >= 4 is 40.3 Å². The summed E-state index contributed by atoms with van der Waals surface area (Å²) in [6.45, 7) is 4.21. The topological polar surface area (TPSA) is 104 Å². The third-order valence-electron chi connectivity index (χ3n) is 6.85. The molecule has 3 amide bonds. The van der Waals surface area contributed by atoms with Crippen LogP contribution in [0.4, 0.5) is 5.13 Å². The quantitative estimate of drug-likeness (QED) is 0.325. The van der Waals surface area contributed by atoms with Gasteiger partial charge in [-0.2, -0.15) is 0 Å². The van der Waals surface area contributed by atoms with E-state index in [1.807, 2.05) is 23.1 Å². The van der Waals surface area contributed by atoms with E-state index in [-0.39, 0.29) is 43.8 Å². The van der Waals surface area contributed by atoms with Crippen molar-refractivity contribution in [2.75, 3.05) is 72.0 Å². The maximum Gasteiger partial charge on any atom is 0.254 e. The predicted octanol–water partition coefficient (Wildman–Crippen LogP) is 3.28. The summed E-state index contributed by atoms with van der Waals surface area (Å²) in [5.74, 6) is -0.00583. The number of carbonyl (C=O) groups is 3. The lowest BCUT2D eigenvalue weighted by Gasteiger charge is -2.34. The van der Waals surface area contributed by atoms with Crippen molar-refractivity contribution in [3.8, 4) is 5.75 Å². The molecule has 10 nitrogen and oxygen atoms in total. The third kappa shape index (κ3) is 9.23. The van der Waals surface area contributed by atoms with Gasteiger partial charge in [0.1, 0.15) is 12.3 Å². The van der Waals surface area contributed by atoms with E-state index in [2.05, 4.69) is 39.5 Å². The van der Waals surface area contributed by atoms with E-state index >= 15 is 0 Å². The van der Waals surface area contributed by atoms with Gasteiger partial charge in [-0.25, -0.2) is 4.98 Å². The fourth-order valence-electron chi connectivity index (χ4n) is 4.50. The summed E-state index contributed by atoms with van der Waals surface area (Å²) in [4.78, 5) is 48.8. The number of amides is 3. The normalized spacial score (nSPS) is 13.7. The number of hydrogen-bond acceptors (Lipinski definition) is 8. The molecule has 2 aromatic carbocycles. The smallest absolute Gasteiger partial charge is 0.254 e. The molecule has 2 heterocycles. The van der Waals surface area contributed by atoms with Gasteiger partial charge in [0, 0.05) is 57.3 Å². The molecular weight excluding hydrogens is 554 g/mol. The number of benzene rings is 2. The summed E-state index contributed by atoms with van der Waals surface area (Å²) in [5.41, 5.74) is 2.23. The lowest BCUT2D eigenvalue weighted by Crippen LogP contribution is -2.49. The van der Waals surface area contributed by atoms with E-state index in [0.717, 1.165) is 19.6 Å². The standard InChI is InChI=1S/C31H37N5O5S/c1-40-20-19-36(30(39)25-10-12-27(41-2)13-11-25)22-28(37)33-31-32-26(23-42-31)21-29(38)35-17-15-34(16-18-35)14-6-9-24-7-4-3-5-8-24/h3-13,23H,14-22H2,1-2H3,(H,32,33,37). The average molecular weight is 592 g/mol. The van der Waals surface area contributed by atoms with Crippen molar-refractivity contribution in [2.24, 2.45) is 0 Å². The van der Waals surface area contributed by atoms with E-state index in [1.165, 1.54) is 21.8 Å². The highest BCUT2D eigenvalue weighted by molar-refractivity contribution is 7.13. The second kappa shape index (κ2) is 15.8. The van der Waals surface area contributed by atoms with Crippen LogP contribution in [0, 0.1) is 0 Å². The number of hydrogen-bond donors (Lipinski definition) is 1. The van der Waals surface area contributed by atoms with Gasteiger partial charge in [0.25, 0.3) is 5.91 Å². The fraction of sp³-hybridized carbons (Fsp3) is 0.355. The minimum Gasteiger partial charge on any atom is -0.497 e. The van der Waals surface area contributed by atoms with Crippen LogP contribution in [0.5, 0.6) is 5.75 Å². The highest BCUT2D eigenvalue weighted by Gasteiger charge is 2.22. The highest BCUT2D eigenvalue weighted by atomic mass is 32.1. The van der Waals surface area contributed by atoms with Crippen molar-refractivity contribution in [3.05, 3.63) is 82.9 Å². The van der Waals surface area contributed by atoms with E-state index in [1.54, 1.807) is 43.9 Å². The molecule has 11 heteroatoms. The van der Waals surface area contributed by atoms with Gasteiger partial charge in [0.2, 0.25) is 11.8 Å². The number of nitrogens with one attached hydrogen (secondary N) is 1. The molecule has 42 heavy (non-hydrogen) atoms. The first-order valence-corrected chi connectivity index (χ1v) is 14.7. The maximum atomic E-state index is 13.0. The lowest BCUT2D eigenvalue weighted by molar-refractivity contribution is -0.132. The van der Waals surface area contributed by atoms with Crippen molar-refractivity contribution in [3.63, 3.8) is 0 Å². The van der Waals surface area contributed by atoms with Crippen molar-refractivity contribution in [1.82, 2.24) is 19.7 Å². The number of methoxy groups -OCH3 is 2. The Labute approximate surface area is 250 Å². The Bertz CT molecular complexity index is 1340. The maximum absolute atomic E-state index is 13.0. The van der Waals surface area contributed by atoms with Gasteiger partial charge in [-0.3, -0.25) is 19.3 Å².